The van der Waals surface area contributed by atoms with Crippen molar-refractivity contribution in [2.75, 3.05) is 18.1 Å². The van der Waals surface area contributed by atoms with Crippen LogP contribution in [0.25, 0.3) is 0 Å². The fraction of sp³-hybridized carbons (Fsp3) is 0.412. The highest BCUT2D eigenvalue weighted by atomic mass is 16.5. The SMILES string of the molecule is O=C(c1coc(C2CCC2)n1)N1CCCOc2ccccc21. The molecule has 2 aliphatic rings. The summed E-state index contributed by atoms with van der Waals surface area (Å²) < 4.78 is 11.2. The first-order valence-corrected chi connectivity index (χ1v) is 7.82. The molecule has 1 fully saturated rings. The van der Waals surface area contributed by atoms with Crippen LogP contribution in [0, 0.1) is 0 Å². The van der Waals surface area contributed by atoms with Gasteiger partial charge in [-0.05, 0) is 31.4 Å². The predicted octanol–water partition coefficient (Wildman–Crippen LogP) is 3.37. The largest absolute Gasteiger partial charge is 0.491 e. The second-order valence-corrected chi connectivity index (χ2v) is 5.83. The van der Waals surface area contributed by atoms with E-state index in [-0.39, 0.29) is 5.91 Å². The number of hydrogen-bond acceptors (Lipinski definition) is 4. The average molecular weight is 298 g/mol. The van der Waals surface area contributed by atoms with Crippen molar-refractivity contribution in [2.24, 2.45) is 0 Å². The third kappa shape index (κ3) is 2.26. The Labute approximate surface area is 128 Å². The summed E-state index contributed by atoms with van der Waals surface area (Å²) in [4.78, 5) is 19.0. The number of anilines is 1. The zero-order chi connectivity index (χ0) is 14.9. The second kappa shape index (κ2) is 5.48. The molecule has 2 heterocycles. The summed E-state index contributed by atoms with van der Waals surface area (Å²) in [6, 6.07) is 7.63. The lowest BCUT2D eigenvalue weighted by atomic mass is 9.85. The van der Waals surface area contributed by atoms with Gasteiger partial charge in [0.1, 0.15) is 12.0 Å². The molecule has 5 nitrogen and oxygen atoms in total. The van der Waals surface area contributed by atoms with Gasteiger partial charge in [-0.1, -0.05) is 18.6 Å². The Morgan fingerprint density at radius 1 is 1.23 bits per heavy atom. The van der Waals surface area contributed by atoms with Crippen molar-refractivity contribution < 1.29 is 13.9 Å². The maximum absolute atomic E-state index is 12.8. The number of carbonyl (C=O) groups is 1. The Morgan fingerprint density at radius 2 is 2.09 bits per heavy atom. The molecule has 1 amide bonds. The number of oxazole rings is 1. The van der Waals surface area contributed by atoms with E-state index in [4.69, 9.17) is 9.15 Å². The number of aromatic nitrogens is 1. The molecule has 0 radical (unpaired) electrons. The van der Waals surface area contributed by atoms with Gasteiger partial charge in [-0.25, -0.2) is 4.98 Å². The number of benzene rings is 1. The van der Waals surface area contributed by atoms with E-state index in [1.54, 1.807) is 4.90 Å². The number of para-hydroxylation sites is 2. The van der Waals surface area contributed by atoms with Gasteiger partial charge in [-0.15, -0.1) is 0 Å². The van der Waals surface area contributed by atoms with Crippen molar-refractivity contribution >= 4 is 11.6 Å². The lowest BCUT2D eigenvalue weighted by Crippen LogP contribution is -2.31. The summed E-state index contributed by atoms with van der Waals surface area (Å²) in [6.45, 7) is 1.24. The molecule has 4 rings (SSSR count). The molecule has 0 spiro atoms. The topological polar surface area (TPSA) is 55.6 Å². The maximum Gasteiger partial charge on any atom is 0.280 e. The molecule has 2 aromatic rings. The van der Waals surface area contributed by atoms with Crippen molar-refractivity contribution in [1.29, 1.82) is 0 Å². The number of rotatable bonds is 2. The monoisotopic (exact) mass is 298 g/mol. The molecule has 0 unspecified atom stereocenters. The average Bonchev–Trinajstić information content (AvgIpc) is 2.85. The van der Waals surface area contributed by atoms with Crippen molar-refractivity contribution in [3.8, 4) is 5.75 Å². The van der Waals surface area contributed by atoms with Crippen LogP contribution in [0.3, 0.4) is 0 Å². The third-order valence-corrected chi connectivity index (χ3v) is 4.38. The quantitative estimate of drug-likeness (QED) is 0.853. The normalized spacial score (nSPS) is 18.1. The van der Waals surface area contributed by atoms with Crippen LogP contribution in [0.5, 0.6) is 5.75 Å². The molecule has 1 aromatic heterocycles. The van der Waals surface area contributed by atoms with Crippen LogP contribution in [-0.2, 0) is 0 Å². The Bertz CT molecular complexity index is 691. The molecule has 0 atom stereocenters. The van der Waals surface area contributed by atoms with Crippen LogP contribution >= 0.6 is 0 Å². The number of carbonyl (C=O) groups excluding carboxylic acids is 1. The molecule has 22 heavy (non-hydrogen) atoms. The van der Waals surface area contributed by atoms with Crippen LogP contribution in [0.15, 0.2) is 34.9 Å². The molecule has 0 saturated heterocycles. The van der Waals surface area contributed by atoms with Gasteiger partial charge < -0.3 is 14.1 Å². The Kier molecular flexibility index (Phi) is 3.33. The standard InChI is InChI=1S/C17H18N2O3/c20-17(13-11-22-16(18-13)12-5-3-6-12)19-9-4-10-21-15-8-2-1-7-14(15)19/h1-2,7-8,11-12H,3-6,9-10H2. The molecule has 1 aromatic carbocycles. The number of amides is 1. The third-order valence-electron chi connectivity index (χ3n) is 4.38. The van der Waals surface area contributed by atoms with E-state index in [1.807, 2.05) is 24.3 Å². The zero-order valence-electron chi connectivity index (χ0n) is 12.3. The van der Waals surface area contributed by atoms with Crippen LogP contribution in [0.2, 0.25) is 0 Å². The van der Waals surface area contributed by atoms with Gasteiger partial charge in [-0.3, -0.25) is 4.79 Å². The number of nitrogens with zero attached hydrogens (tertiary/aromatic N) is 2. The van der Waals surface area contributed by atoms with Gasteiger partial charge in [-0.2, -0.15) is 0 Å². The summed E-state index contributed by atoms with van der Waals surface area (Å²) in [7, 11) is 0. The van der Waals surface area contributed by atoms with E-state index in [0.717, 1.165) is 30.7 Å². The van der Waals surface area contributed by atoms with Crippen molar-refractivity contribution in [3.63, 3.8) is 0 Å². The fourth-order valence-corrected chi connectivity index (χ4v) is 2.91. The number of hydrogen-bond donors (Lipinski definition) is 0. The lowest BCUT2D eigenvalue weighted by molar-refractivity contribution is 0.0982. The highest BCUT2D eigenvalue weighted by Crippen LogP contribution is 2.36. The first-order chi connectivity index (χ1) is 10.8. The first-order valence-electron chi connectivity index (χ1n) is 7.82. The van der Waals surface area contributed by atoms with Crippen LogP contribution in [0.4, 0.5) is 5.69 Å². The minimum atomic E-state index is -0.118. The molecule has 114 valence electrons. The fourth-order valence-electron chi connectivity index (χ4n) is 2.91. The lowest BCUT2D eigenvalue weighted by Gasteiger charge is -2.21. The molecule has 0 bridgehead atoms. The Hall–Kier alpha value is -2.30. The minimum absolute atomic E-state index is 0.118. The van der Waals surface area contributed by atoms with Gasteiger partial charge in [0.15, 0.2) is 11.6 Å². The molecular formula is C17H18N2O3. The summed E-state index contributed by atoms with van der Waals surface area (Å²) in [5.41, 5.74) is 1.19. The van der Waals surface area contributed by atoms with Crippen LogP contribution in [-0.4, -0.2) is 24.0 Å². The van der Waals surface area contributed by atoms with Crippen molar-refractivity contribution in [1.82, 2.24) is 4.98 Å². The summed E-state index contributed by atoms with van der Waals surface area (Å²) in [5, 5.41) is 0. The maximum atomic E-state index is 12.8. The highest BCUT2D eigenvalue weighted by Gasteiger charge is 2.28. The predicted molar refractivity (Wildman–Crippen MR) is 81.3 cm³/mol. The van der Waals surface area contributed by atoms with Crippen LogP contribution in [0.1, 0.15) is 48.0 Å². The van der Waals surface area contributed by atoms with Crippen molar-refractivity contribution in [2.45, 2.75) is 31.6 Å². The van der Waals surface area contributed by atoms with Gasteiger partial charge in [0.2, 0.25) is 0 Å². The Balaban J connectivity index is 1.63. The first kappa shape index (κ1) is 13.4. The summed E-state index contributed by atoms with van der Waals surface area (Å²) >= 11 is 0. The minimum Gasteiger partial charge on any atom is -0.491 e. The molecule has 5 heteroatoms. The molecule has 0 N–H and O–H groups in total. The van der Waals surface area contributed by atoms with Gasteiger partial charge in [0.25, 0.3) is 5.91 Å². The van der Waals surface area contributed by atoms with Gasteiger partial charge in [0, 0.05) is 12.5 Å². The Morgan fingerprint density at radius 3 is 2.91 bits per heavy atom. The summed E-state index contributed by atoms with van der Waals surface area (Å²) in [5.74, 6) is 1.72. The molecular weight excluding hydrogens is 280 g/mol. The van der Waals surface area contributed by atoms with E-state index < -0.39 is 0 Å². The second-order valence-electron chi connectivity index (χ2n) is 5.83. The molecule has 1 saturated carbocycles. The van der Waals surface area contributed by atoms with Crippen LogP contribution < -0.4 is 9.64 Å². The zero-order valence-corrected chi connectivity index (χ0v) is 12.3. The highest BCUT2D eigenvalue weighted by molar-refractivity contribution is 6.05. The van der Waals surface area contributed by atoms with E-state index in [1.165, 1.54) is 12.7 Å². The van der Waals surface area contributed by atoms with Gasteiger partial charge in [0.05, 0.1) is 12.3 Å². The van der Waals surface area contributed by atoms with Crippen molar-refractivity contribution in [3.05, 3.63) is 42.1 Å². The van der Waals surface area contributed by atoms with E-state index >= 15 is 0 Å². The molecule has 1 aliphatic heterocycles. The van der Waals surface area contributed by atoms with Gasteiger partial charge >= 0.3 is 0 Å². The smallest absolute Gasteiger partial charge is 0.280 e. The van der Waals surface area contributed by atoms with E-state index in [0.29, 0.717) is 30.7 Å². The number of ether oxygens (including phenoxy) is 1. The number of fused-ring (bicyclic) bond motifs is 1. The summed E-state index contributed by atoms with van der Waals surface area (Å²) in [6.07, 6.45) is 5.72. The van der Waals surface area contributed by atoms with E-state index in [2.05, 4.69) is 4.98 Å². The van der Waals surface area contributed by atoms with E-state index in [9.17, 15) is 4.79 Å². The molecule has 1 aliphatic carbocycles.